The number of rotatable bonds is 5. The van der Waals surface area contributed by atoms with Crippen LogP contribution in [0.5, 0.6) is 5.75 Å². The average molecular weight is 339 g/mol. The van der Waals surface area contributed by atoms with Gasteiger partial charge in [0.05, 0.1) is 6.04 Å². The number of nitrogens with one attached hydrogen (secondary N) is 1. The van der Waals surface area contributed by atoms with E-state index in [0.717, 1.165) is 11.1 Å². The molecule has 0 aliphatic carbocycles. The van der Waals surface area contributed by atoms with Crippen LogP contribution in [-0.2, 0) is 10.2 Å². The summed E-state index contributed by atoms with van der Waals surface area (Å²) in [6.45, 7) is 12.3. The summed E-state index contributed by atoms with van der Waals surface area (Å²) in [6, 6.07) is 16.1. The number of carbonyl (C=O) groups excluding carboxylic acids is 1. The first kappa shape index (κ1) is 19.0. The van der Waals surface area contributed by atoms with Crippen LogP contribution in [0.2, 0.25) is 0 Å². The largest absolute Gasteiger partial charge is 0.481 e. The van der Waals surface area contributed by atoms with Crippen LogP contribution in [0.1, 0.15) is 57.4 Å². The van der Waals surface area contributed by atoms with Gasteiger partial charge in [0, 0.05) is 0 Å². The normalized spacial score (nSPS) is 13.8. The van der Waals surface area contributed by atoms with Gasteiger partial charge >= 0.3 is 0 Å². The predicted octanol–water partition coefficient (Wildman–Crippen LogP) is 4.94. The van der Waals surface area contributed by atoms with Crippen LogP contribution < -0.4 is 10.1 Å². The summed E-state index contributed by atoms with van der Waals surface area (Å²) in [7, 11) is 0. The Kier molecular flexibility index (Phi) is 5.89. The number of hydrogen-bond acceptors (Lipinski definition) is 2. The van der Waals surface area contributed by atoms with Crippen LogP contribution in [0, 0.1) is 6.92 Å². The number of benzene rings is 2. The van der Waals surface area contributed by atoms with Crippen molar-refractivity contribution in [3.63, 3.8) is 0 Å². The molecule has 0 aliphatic rings. The highest BCUT2D eigenvalue weighted by Crippen LogP contribution is 2.24. The lowest BCUT2D eigenvalue weighted by Crippen LogP contribution is -2.37. The summed E-state index contributed by atoms with van der Waals surface area (Å²) in [4.78, 5) is 12.4. The number of amides is 1. The van der Waals surface area contributed by atoms with Crippen LogP contribution in [0.15, 0.2) is 48.5 Å². The molecule has 0 unspecified atom stereocenters. The van der Waals surface area contributed by atoms with E-state index in [4.69, 9.17) is 4.74 Å². The molecule has 1 amide bonds. The van der Waals surface area contributed by atoms with E-state index in [1.54, 1.807) is 6.92 Å². The highest BCUT2D eigenvalue weighted by Gasteiger charge is 2.19. The molecule has 2 aromatic carbocycles. The zero-order valence-electron chi connectivity index (χ0n) is 16.1. The summed E-state index contributed by atoms with van der Waals surface area (Å²) in [6.07, 6.45) is -0.543. The van der Waals surface area contributed by atoms with E-state index in [0.29, 0.717) is 5.75 Å². The number of hydrogen-bond donors (Lipinski definition) is 1. The Morgan fingerprint density at radius 3 is 2.24 bits per heavy atom. The third kappa shape index (κ3) is 5.35. The van der Waals surface area contributed by atoms with Crippen molar-refractivity contribution in [2.24, 2.45) is 0 Å². The second kappa shape index (κ2) is 7.73. The molecular formula is C22H29NO2. The van der Waals surface area contributed by atoms with Gasteiger partial charge < -0.3 is 10.1 Å². The van der Waals surface area contributed by atoms with Crippen LogP contribution in [0.3, 0.4) is 0 Å². The van der Waals surface area contributed by atoms with Gasteiger partial charge in [0.25, 0.3) is 5.91 Å². The monoisotopic (exact) mass is 339 g/mol. The lowest BCUT2D eigenvalue weighted by atomic mass is 9.86. The molecule has 0 saturated heterocycles. The Hall–Kier alpha value is -2.29. The van der Waals surface area contributed by atoms with Crippen molar-refractivity contribution in [2.75, 3.05) is 0 Å². The minimum Gasteiger partial charge on any atom is -0.481 e. The molecule has 2 rings (SSSR count). The lowest BCUT2D eigenvalue weighted by molar-refractivity contribution is -0.127. The van der Waals surface area contributed by atoms with Crippen molar-refractivity contribution in [2.45, 2.75) is 59.1 Å². The molecule has 0 saturated carbocycles. The molecule has 0 aliphatic heterocycles. The molecule has 134 valence electrons. The van der Waals surface area contributed by atoms with Crippen molar-refractivity contribution >= 4 is 5.91 Å². The summed E-state index contributed by atoms with van der Waals surface area (Å²) >= 11 is 0. The van der Waals surface area contributed by atoms with Gasteiger partial charge in [-0.3, -0.25) is 4.79 Å². The highest BCUT2D eigenvalue weighted by molar-refractivity contribution is 5.81. The lowest BCUT2D eigenvalue weighted by Gasteiger charge is -2.22. The first-order chi connectivity index (χ1) is 11.7. The Labute approximate surface area is 151 Å². The maximum Gasteiger partial charge on any atom is 0.261 e. The minimum atomic E-state index is -0.543. The average Bonchev–Trinajstić information content (AvgIpc) is 2.54. The van der Waals surface area contributed by atoms with Crippen molar-refractivity contribution in [1.82, 2.24) is 5.32 Å². The molecular weight excluding hydrogens is 310 g/mol. The maximum atomic E-state index is 12.4. The SMILES string of the molecule is Cc1cccc(O[C@@H](C)C(=O)N[C@H](C)c2ccc(C(C)(C)C)cc2)c1. The van der Waals surface area contributed by atoms with Gasteiger partial charge in [0.1, 0.15) is 5.75 Å². The molecule has 2 atom stereocenters. The van der Waals surface area contributed by atoms with Gasteiger partial charge in [-0.25, -0.2) is 0 Å². The zero-order chi connectivity index (χ0) is 18.6. The predicted molar refractivity (Wildman–Crippen MR) is 103 cm³/mol. The van der Waals surface area contributed by atoms with E-state index < -0.39 is 6.10 Å². The molecule has 0 radical (unpaired) electrons. The highest BCUT2D eigenvalue weighted by atomic mass is 16.5. The van der Waals surface area contributed by atoms with E-state index in [1.165, 1.54) is 5.56 Å². The fraction of sp³-hybridized carbons (Fsp3) is 0.409. The summed E-state index contributed by atoms with van der Waals surface area (Å²) in [5, 5.41) is 3.03. The molecule has 0 spiro atoms. The third-order valence-electron chi connectivity index (χ3n) is 4.31. The van der Waals surface area contributed by atoms with E-state index in [2.05, 4.69) is 50.4 Å². The molecule has 0 bridgehead atoms. The Morgan fingerprint density at radius 1 is 1.04 bits per heavy atom. The van der Waals surface area contributed by atoms with Gasteiger partial charge in [-0.05, 0) is 55.0 Å². The Morgan fingerprint density at radius 2 is 1.68 bits per heavy atom. The van der Waals surface area contributed by atoms with Gasteiger partial charge in [-0.15, -0.1) is 0 Å². The summed E-state index contributed by atoms with van der Waals surface area (Å²) in [5.41, 5.74) is 3.61. The van der Waals surface area contributed by atoms with Gasteiger partial charge in [-0.2, -0.15) is 0 Å². The first-order valence-electron chi connectivity index (χ1n) is 8.81. The maximum absolute atomic E-state index is 12.4. The summed E-state index contributed by atoms with van der Waals surface area (Å²) < 4.78 is 5.75. The Balaban J connectivity index is 1.97. The topological polar surface area (TPSA) is 38.3 Å². The van der Waals surface area contributed by atoms with Crippen molar-refractivity contribution in [3.8, 4) is 5.75 Å². The van der Waals surface area contributed by atoms with E-state index in [1.807, 2.05) is 38.1 Å². The van der Waals surface area contributed by atoms with Crippen molar-refractivity contribution in [1.29, 1.82) is 0 Å². The molecule has 3 heteroatoms. The van der Waals surface area contributed by atoms with Crippen LogP contribution in [0.25, 0.3) is 0 Å². The summed E-state index contributed by atoms with van der Waals surface area (Å²) in [5.74, 6) is 0.596. The molecule has 2 aromatic rings. The number of carbonyl (C=O) groups is 1. The quantitative estimate of drug-likeness (QED) is 0.838. The molecule has 0 heterocycles. The first-order valence-corrected chi connectivity index (χ1v) is 8.81. The third-order valence-corrected chi connectivity index (χ3v) is 4.31. The van der Waals surface area contributed by atoms with Crippen molar-refractivity contribution in [3.05, 3.63) is 65.2 Å². The minimum absolute atomic E-state index is 0.0647. The van der Waals surface area contributed by atoms with E-state index >= 15 is 0 Å². The van der Waals surface area contributed by atoms with Gasteiger partial charge in [-0.1, -0.05) is 57.2 Å². The molecule has 3 nitrogen and oxygen atoms in total. The fourth-order valence-electron chi connectivity index (χ4n) is 2.63. The Bertz CT molecular complexity index is 714. The number of aryl methyl sites for hydroxylation is 1. The number of ether oxygens (including phenoxy) is 1. The molecule has 0 aromatic heterocycles. The smallest absolute Gasteiger partial charge is 0.261 e. The van der Waals surface area contributed by atoms with Crippen LogP contribution >= 0.6 is 0 Å². The van der Waals surface area contributed by atoms with E-state index in [9.17, 15) is 4.79 Å². The standard InChI is InChI=1S/C22H29NO2/c1-15-8-7-9-20(14-15)25-17(3)21(24)23-16(2)18-10-12-19(13-11-18)22(4,5)6/h7-14,16-17H,1-6H3,(H,23,24)/t16-,17+/m1/s1. The van der Waals surface area contributed by atoms with Crippen molar-refractivity contribution < 1.29 is 9.53 Å². The second-order valence-corrected chi connectivity index (χ2v) is 7.68. The second-order valence-electron chi connectivity index (χ2n) is 7.68. The fourth-order valence-corrected chi connectivity index (χ4v) is 2.63. The van der Waals surface area contributed by atoms with Crippen LogP contribution in [0.4, 0.5) is 0 Å². The van der Waals surface area contributed by atoms with Crippen LogP contribution in [-0.4, -0.2) is 12.0 Å². The van der Waals surface area contributed by atoms with E-state index in [-0.39, 0.29) is 17.4 Å². The van der Waals surface area contributed by atoms with Gasteiger partial charge in [0.2, 0.25) is 0 Å². The zero-order valence-corrected chi connectivity index (χ0v) is 16.1. The van der Waals surface area contributed by atoms with Gasteiger partial charge in [0.15, 0.2) is 6.10 Å². The molecule has 25 heavy (non-hydrogen) atoms. The molecule has 1 N–H and O–H groups in total. The molecule has 0 fully saturated rings.